The first-order valence-electron chi connectivity index (χ1n) is 7.00. The highest BCUT2D eigenvalue weighted by Gasteiger charge is 2.23. The molecule has 1 aromatic carbocycles. The topological polar surface area (TPSA) is 26.3 Å². The maximum absolute atomic E-state index is 12.3. The summed E-state index contributed by atoms with van der Waals surface area (Å²) in [6.45, 7) is 12.6. The van der Waals surface area contributed by atoms with Gasteiger partial charge < -0.3 is 4.74 Å². The standard InChI is InChI=1S/C17H26O2/c1-12(2)19-15-9-7-8-14(11-15)16(18)10-13(3)17(4,5)6/h7-9,11-13H,10H2,1-6H3. The molecule has 2 heteroatoms. The fourth-order valence-electron chi connectivity index (χ4n) is 1.72. The molecule has 2 nitrogen and oxygen atoms in total. The van der Waals surface area contributed by atoms with Gasteiger partial charge in [-0.15, -0.1) is 0 Å². The van der Waals surface area contributed by atoms with Crippen molar-refractivity contribution in [3.05, 3.63) is 29.8 Å². The van der Waals surface area contributed by atoms with E-state index in [1.807, 2.05) is 38.1 Å². The molecule has 0 spiro atoms. The normalized spacial score (nSPS) is 13.4. The zero-order valence-electron chi connectivity index (χ0n) is 13.0. The summed E-state index contributed by atoms with van der Waals surface area (Å²) in [5.74, 6) is 1.32. The summed E-state index contributed by atoms with van der Waals surface area (Å²) in [6.07, 6.45) is 0.702. The molecule has 0 aliphatic rings. The van der Waals surface area contributed by atoms with Crippen LogP contribution in [0.3, 0.4) is 0 Å². The third-order valence-electron chi connectivity index (χ3n) is 3.50. The maximum atomic E-state index is 12.3. The average Bonchev–Trinajstić information content (AvgIpc) is 2.27. The number of carbonyl (C=O) groups is 1. The van der Waals surface area contributed by atoms with Gasteiger partial charge in [-0.25, -0.2) is 0 Å². The van der Waals surface area contributed by atoms with Crippen molar-refractivity contribution in [2.24, 2.45) is 11.3 Å². The second-order valence-corrected chi connectivity index (χ2v) is 6.59. The van der Waals surface area contributed by atoms with Crippen LogP contribution in [-0.2, 0) is 0 Å². The summed E-state index contributed by atoms with van der Waals surface area (Å²) in [6, 6.07) is 7.49. The quantitative estimate of drug-likeness (QED) is 0.717. The zero-order valence-corrected chi connectivity index (χ0v) is 13.0. The van der Waals surface area contributed by atoms with Crippen LogP contribution in [0, 0.1) is 11.3 Å². The Bertz CT molecular complexity index is 427. The van der Waals surface area contributed by atoms with Crippen molar-refractivity contribution >= 4 is 5.78 Å². The molecule has 1 unspecified atom stereocenters. The van der Waals surface area contributed by atoms with E-state index in [2.05, 4.69) is 27.7 Å². The van der Waals surface area contributed by atoms with Crippen molar-refractivity contribution in [2.75, 3.05) is 0 Å². The van der Waals surface area contributed by atoms with E-state index in [-0.39, 0.29) is 17.3 Å². The van der Waals surface area contributed by atoms with Gasteiger partial charge in [-0.05, 0) is 37.3 Å². The van der Waals surface area contributed by atoms with E-state index < -0.39 is 0 Å². The van der Waals surface area contributed by atoms with Crippen LogP contribution in [0.15, 0.2) is 24.3 Å². The van der Waals surface area contributed by atoms with Crippen LogP contribution in [0.5, 0.6) is 5.75 Å². The average molecular weight is 262 g/mol. The molecule has 106 valence electrons. The highest BCUT2D eigenvalue weighted by atomic mass is 16.5. The molecule has 1 atom stereocenters. The van der Waals surface area contributed by atoms with E-state index in [1.165, 1.54) is 0 Å². The highest BCUT2D eigenvalue weighted by molar-refractivity contribution is 5.96. The van der Waals surface area contributed by atoms with Gasteiger partial charge in [-0.2, -0.15) is 0 Å². The van der Waals surface area contributed by atoms with Gasteiger partial charge in [0.2, 0.25) is 0 Å². The van der Waals surface area contributed by atoms with E-state index in [9.17, 15) is 4.79 Å². The van der Waals surface area contributed by atoms with Gasteiger partial charge in [-0.1, -0.05) is 39.8 Å². The van der Waals surface area contributed by atoms with E-state index in [0.717, 1.165) is 11.3 Å². The molecule has 0 bridgehead atoms. The second-order valence-electron chi connectivity index (χ2n) is 6.59. The minimum Gasteiger partial charge on any atom is -0.491 e. The molecule has 0 saturated heterocycles. The lowest BCUT2D eigenvalue weighted by molar-refractivity contribution is 0.0926. The number of carbonyl (C=O) groups excluding carboxylic acids is 1. The molecule has 1 aromatic rings. The first kappa shape index (κ1) is 15.7. The van der Waals surface area contributed by atoms with E-state index in [0.29, 0.717) is 12.3 Å². The largest absolute Gasteiger partial charge is 0.491 e. The minimum atomic E-state index is 0.124. The van der Waals surface area contributed by atoms with Crippen LogP contribution in [0.4, 0.5) is 0 Å². The molecular formula is C17H26O2. The molecule has 0 aromatic heterocycles. The van der Waals surface area contributed by atoms with Gasteiger partial charge in [0.15, 0.2) is 5.78 Å². The lowest BCUT2D eigenvalue weighted by Crippen LogP contribution is -2.20. The Hall–Kier alpha value is -1.31. The highest BCUT2D eigenvalue weighted by Crippen LogP contribution is 2.29. The van der Waals surface area contributed by atoms with Gasteiger partial charge in [0.05, 0.1) is 6.10 Å². The lowest BCUT2D eigenvalue weighted by atomic mass is 9.78. The van der Waals surface area contributed by atoms with E-state index >= 15 is 0 Å². The SMILES string of the molecule is CC(C)Oc1cccc(C(=O)CC(C)C(C)(C)C)c1. The summed E-state index contributed by atoms with van der Waals surface area (Å²) in [4.78, 5) is 12.3. The number of hydrogen-bond acceptors (Lipinski definition) is 2. The molecule has 0 heterocycles. The monoisotopic (exact) mass is 262 g/mol. The molecule has 0 saturated carbocycles. The summed E-state index contributed by atoms with van der Waals surface area (Å²) in [7, 11) is 0. The van der Waals surface area contributed by atoms with Crippen LogP contribution >= 0.6 is 0 Å². The Morgan fingerprint density at radius 3 is 2.37 bits per heavy atom. The zero-order chi connectivity index (χ0) is 14.6. The van der Waals surface area contributed by atoms with Crippen molar-refractivity contribution in [1.82, 2.24) is 0 Å². The minimum absolute atomic E-state index is 0.124. The Balaban J connectivity index is 2.77. The summed E-state index contributed by atoms with van der Waals surface area (Å²) in [5, 5.41) is 0. The van der Waals surface area contributed by atoms with Gasteiger partial charge in [0.25, 0.3) is 0 Å². The third-order valence-corrected chi connectivity index (χ3v) is 3.50. The molecule has 0 radical (unpaired) electrons. The molecule has 0 aliphatic carbocycles. The summed E-state index contributed by atoms with van der Waals surface area (Å²) >= 11 is 0. The molecule has 0 fully saturated rings. The summed E-state index contributed by atoms with van der Waals surface area (Å²) < 4.78 is 5.63. The van der Waals surface area contributed by atoms with Crippen LogP contribution in [0.2, 0.25) is 0 Å². The van der Waals surface area contributed by atoms with Crippen LogP contribution < -0.4 is 4.74 Å². The van der Waals surface area contributed by atoms with Gasteiger partial charge in [0.1, 0.15) is 5.75 Å². The lowest BCUT2D eigenvalue weighted by Gasteiger charge is -2.26. The molecule has 0 amide bonds. The molecule has 0 N–H and O–H groups in total. The Labute approximate surface area is 117 Å². The number of ketones is 1. The fourth-order valence-corrected chi connectivity index (χ4v) is 1.72. The molecular weight excluding hydrogens is 236 g/mol. The van der Waals surface area contributed by atoms with Crippen molar-refractivity contribution < 1.29 is 9.53 Å². The van der Waals surface area contributed by atoms with Crippen LogP contribution in [0.1, 0.15) is 58.3 Å². The predicted molar refractivity (Wildman–Crippen MR) is 79.8 cm³/mol. The van der Waals surface area contributed by atoms with Gasteiger partial charge in [-0.3, -0.25) is 4.79 Å². The summed E-state index contributed by atoms with van der Waals surface area (Å²) in [5.41, 5.74) is 0.899. The maximum Gasteiger partial charge on any atom is 0.163 e. The number of Topliss-reactive ketones (excluding diaryl/α,β-unsaturated/α-hetero) is 1. The van der Waals surface area contributed by atoms with E-state index in [1.54, 1.807) is 0 Å². The van der Waals surface area contributed by atoms with Crippen LogP contribution in [0.25, 0.3) is 0 Å². The van der Waals surface area contributed by atoms with Gasteiger partial charge in [0, 0.05) is 12.0 Å². The second kappa shape index (κ2) is 6.23. The third kappa shape index (κ3) is 5.06. The van der Waals surface area contributed by atoms with E-state index in [4.69, 9.17) is 4.74 Å². The predicted octanol–water partition coefficient (Wildman–Crippen LogP) is 4.73. The van der Waals surface area contributed by atoms with Gasteiger partial charge >= 0.3 is 0 Å². The first-order valence-corrected chi connectivity index (χ1v) is 7.00. The molecule has 1 rings (SSSR count). The molecule has 0 aliphatic heterocycles. The number of benzene rings is 1. The van der Waals surface area contributed by atoms with Crippen molar-refractivity contribution in [1.29, 1.82) is 0 Å². The van der Waals surface area contributed by atoms with Crippen molar-refractivity contribution in [3.63, 3.8) is 0 Å². The number of rotatable bonds is 5. The first-order chi connectivity index (χ1) is 8.70. The number of ether oxygens (including phenoxy) is 1. The fraction of sp³-hybridized carbons (Fsp3) is 0.588. The smallest absolute Gasteiger partial charge is 0.163 e. The van der Waals surface area contributed by atoms with Crippen molar-refractivity contribution in [2.45, 2.75) is 54.1 Å². The number of hydrogen-bond donors (Lipinski definition) is 0. The van der Waals surface area contributed by atoms with Crippen molar-refractivity contribution in [3.8, 4) is 5.75 Å². The Morgan fingerprint density at radius 2 is 1.84 bits per heavy atom. The van der Waals surface area contributed by atoms with Crippen LogP contribution in [-0.4, -0.2) is 11.9 Å². The Morgan fingerprint density at radius 1 is 1.21 bits per heavy atom. The molecule has 19 heavy (non-hydrogen) atoms. The Kier molecular flexibility index (Phi) is 5.16.